The highest BCUT2D eigenvalue weighted by atomic mass is 79.9. The first-order valence-corrected chi connectivity index (χ1v) is 8.23. The number of hydrogen-bond donors (Lipinski definition) is 1. The third-order valence-corrected chi connectivity index (χ3v) is 4.73. The minimum absolute atomic E-state index is 0.104. The van der Waals surface area contributed by atoms with Crippen molar-refractivity contribution in [3.8, 4) is 5.75 Å². The molecule has 2 fully saturated rings. The summed E-state index contributed by atoms with van der Waals surface area (Å²) < 4.78 is 18.6. The van der Waals surface area contributed by atoms with E-state index in [-0.39, 0.29) is 11.7 Å². The van der Waals surface area contributed by atoms with Crippen molar-refractivity contribution in [2.75, 3.05) is 19.8 Å². The minimum atomic E-state index is -0.545. The van der Waals surface area contributed by atoms with E-state index in [0.717, 1.165) is 41.7 Å². The van der Waals surface area contributed by atoms with Gasteiger partial charge in [-0.05, 0) is 19.1 Å². The summed E-state index contributed by atoms with van der Waals surface area (Å²) in [7, 11) is 0. The first kappa shape index (κ1) is 15.3. The molecular weight excluding hydrogens is 336 g/mol. The van der Waals surface area contributed by atoms with Crippen LogP contribution in [0.2, 0.25) is 0 Å². The minimum Gasteiger partial charge on any atom is -0.490 e. The Balaban J connectivity index is 1.75. The predicted molar refractivity (Wildman–Crippen MR) is 82.5 cm³/mol. The van der Waals surface area contributed by atoms with Crippen LogP contribution in [0.15, 0.2) is 22.7 Å². The Labute approximate surface area is 133 Å². The summed E-state index contributed by atoms with van der Waals surface area (Å²) in [6, 6.07) is 5.75. The molecule has 0 radical (unpaired) electrons. The summed E-state index contributed by atoms with van der Waals surface area (Å²) in [5.74, 6) is 0.750. The molecule has 2 aliphatic heterocycles. The Morgan fingerprint density at radius 1 is 1.43 bits per heavy atom. The number of ether oxygens (including phenoxy) is 3. The summed E-state index contributed by atoms with van der Waals surface area (Å²) in [5, 5.41) is 9.89. The van der Waals surface area contributed by atoms with Crippen LogP contribution in [0, 0.1) is 0 Å². The van der Waals surface area contributed by atoms with E-state index in [1.807, 2.05) is 18.2 Å². The average Bonchev–Trinajstić information content (AvgIpc) is 2.86. The topological polar surface area (TPSA) is 47.9 Å². The van der Waals surface area contributed by atoms with E-state index < -0.39 is 6.10 Å². The van der Waals surface area contributed by atoms with Gasteiger partial charge in [-0.25, -0.2) is 0 Å². The van der Waals surface area contributed by atoms with Crippen LogP contribution in [0.1, 0.15) is 37.9 Å². The van der Waals surface area contributed by atoms with Gasteiger partial charge in [0.05, 0.1) is 24.9 Å². The van der Waals surface area contributed by atoms with Gasteiger partial charge >= 0.3 is 0 Å². The fourth-order valence-electron chi connectivity index (χ4n) is 3.08. The van der Waals surface area contributed by atoms with E-state index in [0.29, 0.717) is 13.2 Å². The molecule has 2 aliphatic rings. The Kier molecular flexibility index (Phi) is 4.54. The molecule has 0 aliphatic carbocycles. The molecule has 2 saturated heterocycles. The van der Waals surface area contributed by atoms with E-state index in [4.69, 9.17) is 14.2 Å². The van der Waals surface area contributed by atoms with Crippen LogP contribution < -0.4 is 4.74 Å². The van der Waals surface area contributed by atoms with Gasteiger partial charge in [0.25, 0.3) is 0 Å². The molecule has 4 nitrogen and oxygen atoms in total. The third kappa shape index (κ3) is 3.42. The summed E-state index contributed by atoms with van der Waals surface area (Å²) in [6.45, 7) is 3.88. The van der Waals surface area contributed by atoms with E-state index in [1.54, 1.807) is 6.92 Å². The second-order valence-corrected chi connectivity index (χ2v) is 6.84. The van der Waals surface area contributed by atoms with Gasteiger partial charge in [0.1, 0.15) is 11.9 Å². The van der Waals surface area contributed by atoms with E-state index >= 15 is 0 Å². The van der Waals surface area contributed by atoms with Crippen LogP contribution in [-0.4, -0.2) is 36.6 Å². The van der Waals surface area contributed by atoms with Crippen molar-refractivity contribution >= 4 is 15.9 Å². The molecule has 2 heterocycles. The number of aliphatic hydroxyl groups is 1. The second-order valence-electron chi connectivity index (χ2n) is 5.92. The number of rotatable bonds is 3. The molecule has 3 atom stereocenters. The smallest absolute Gasteiger partial charge is 0.126 e. The van der Waals surface area contributed by atoms with Crippen molar-refractivity contribution in [3.63, 3.8) is 0 Å². The maximum Gasteiger partial charge on any atom is 0.126 e. The van der Waals surface area contributed by atoms with Crippen LogP contribution >= 0.6 is 15.9 Å². The maximum absolute atomic E-state index is 9.89. The standard InChI is InChI=1S/C16H21BrO4/c1-11(18)14-3-2-12(17)8-15(14)21-13-4-6-20-16(9-13)5-7-19-10-16/h2-3,8,11,13,18H,4-7,9-10H2,1H3. The predicted octanol–water partition coefficient (Wildman–Crippen LogP) is 3.22. The van der Waals surface area contributed by atoms with Gasteiger partial charge in [0, 0.05) is 35.9 Å². The largest absolute Gasteiger partial charge is 0.490 e. The molecule has 0 amide bonds. The zero-order valence-corrected chi connectivity index (χ0v) is 13.8. The normalized spacial score (nSPS) is 30.5. The van der Waals surface area contributed by atoms with Gasteiger partial charge < -0.3 is 19.3 Å². The molecule has 3 rings (SSSR count). The first-order valence-electron chi connectivity index (χ1n) is 7.44. The van der Waals surface area contributed by atoms with Gasteiger partial charge in [0.15, 0.2) is 0 Å². The van der Waals surface area contributed by atoms with Crippen LogP contribution in [0.5, 0.6) is 5.75 Å². The van der Waals surface area contributed by atoms with E-state index in [1.165, 1.54) is 0 Å². The Bertz CT molecular complexity index is 497. The molecule has 1 aromatic carbocycles. The zero-order valence-electron chi connectivity index (χ0n) is 12.2. The SMILES string of the molecule is CC(O)c1ccc(Br)cc1OC1CCOC2(CCOC2)C1. The average molecular weight is 357 g/mol. The molecule has 1 N–H and O–H groups in total. The summed E-state index contributed by atoms with van der Waals surface area (Å²) in [6.07, 6.45) is 2.21. The van der Waals surface area contributed by atoms with Crippen molar-refractivity contribution in [1.29, 1.82) is 0 Å². The van der Waals surface area contributed by atoms with Crippen LogP contribution in [-0.2, 0) is 9.47 Å². The Morgan fingerprint density at radius 3 is 3.00 bits per heavy atom. The molecule has 0 bridgehead atoms. The van der Waals surface area contributed by atoms with Crippen molar-refractivity contribution in [2.24, 2.45) is 0 Å². The maximum atomic E-state index is 9.89. The second kappa shape index (κ2) is 6.24. The number of aliphatic hydroxyl groups excluding tert-OH is 1. The van der Waals surface area contributed by atoms with Gasteiger partial charge in [0.2, 0.25) is 0 Å². The molecule has 0 aromatic heterocycles. The molecule has 1 aromatic rings. The molecule has 116 valence electrons. The summed E-state index contributed by atoms with van der Waals surface area (Å²) in [4.78, 5) is 0. The highest BCUT2D eigenvalue weighted by Gasteiger charge is 2.42. The molecule has 3 unspecified atom stereocenters. The molecule has 1 spiro atoms. The van der Waals surface area contributed by atoms with Crippen molar-refractivity contribution in [3.05, 3.63) is 28.2 Å². The monoisotopic (exact) mass is 356 g/mol. The van der Waals surface area contributed by atoms with Crippen LogP contribution in [0.25, 0.3) is 0 Å². The van der Waals surface area contributed by atoms with E-state index in [2.05, 4.69) is 15.9 Å². The van der Waals surface area contributed by atoms with Crippen molar-refractivity contribution < 1.29 is 19.3 Å². The van der Waals surface area contributed by atoms with Crippen LogP contribution in [0.3, 0.4) is 0 Å². The van der Waals surface area contributed by atoms with Crippen LogP contribution in [0.4, 0.5) is 0 Å². The number of benzene rings is 1. The van der Waals surface area contributed by atoms with E-state index in [9.17, 15) is 5.11 Å². The van der Waals surface area contributed by atoms with Gasteiger partial charge in [-0.15, -0.1) is 0 Å². The Morgan fingerprint density at radius 2 is 2.29 bits per heavy atom. The fourth-order valence-corrected chi connectivity index (χ4v) is 3.42. The number of hydrogen-bond acceptors (Lipinski definition) is 4. The molecule has 21 heavy (non-hydrogen) atoms. The van der Waals surface area contributed by atoms with Gasteiger partial charge in [-0.1, -0.05) is 22.0 Å². The lowest BCUT2D eigenvalue weighted by molar-refractivity contribution is -0.112. The van der Waals surface area contributed by atoms with Gasteiger partial charge in [-0.2, -0.15) is 0 Å². The molecular formula is C16H21BrO4. The molecule has 0 saturated carbocycles. The van der Waals surface area contributed by atoms with Crippen molar-refractivity contribution in [1.82, 2.24) is 0 Å². The van der Waals surface area contributed by atoms with Crippen molar-refractivity contribution in [2.45, 2.75) is 44.0 Å². The number of halogens is 1. The Hall–Kier alpha value is -0.620. The lowest BCUT2D eigenvalue weighted by Crippen LogP contribution is -2.44. The fraction of sp³-hybridized carbons (Fsp3) is 0.625. The molecule has 5 heteroatoms. The first-order chi connectivity index (χ1) is 10.1. The lowest BCUT2D eigenvalue weighted by atomic mass is 9.91. The van der Waals surface area contributed by atoms with Gasteiger partial charge in [-0.3, -0.25) is 0 Å². The highest BCUT2D eigenvalue weighted by Crippen LogP contribution is 2.36. The third-order valence-electron chi connectivity index (χ3n) is 4.23. The summed E-state index contributed by atoms with van der Waals surface area (Å²) >= 11 is 3.46. The quantitative estimate of drug-likeness (QED) is 0.903. The highest BCUT2D eigenvalue weighted by molar-refractivity contribution is 9.10. The zero-order chi connectivity index (χ0) is 14.9. The summed E-state index contributed by atoms with van der Waals surface area (Å²) in [5.41, 5.74) is 0.654. The lowest BCUT2D eigenvalue weighted by Gasteiger charge is -2.37.